The lowest BCUT2D eigenvalue weighted by atomic mass is 10.0. The SMILES string of the molecule is COc1ccc(-n2nnc(-c3ccc(Cl)cc3)c2-c2c(-c3ccc(Cl)cc3)nnn2-c2ccc(OC)cc2)cc1. The fraction of sp³-hybridized carbons (Fsp3) is 0.0667. The molecule has 2 aromatic heterocycles. The third-order valence-corrected chi connectivity index (χ3v) is 6.94. The van der Waals surface area contributed by atoms with E-state index in [9.17, 15) is 0 Å². The molecule has 40 heavy (non-hydrogen) atoms. The highest BCUT2D eigenvalue weighted by molar-refractivity contribution is 6.31. The lowest BCUT2D eigenvalue weighted by Crippen LogP contribution is -2.06. The molecule has 0 spiro atoms. The standard InChI is InChI=1S/C30H22Cl2N6O2/c1-39-25-15-11-23(12-16-25)37-29(27(33-35-37)19-3-7-21(31)8-4-19)30-28(20-5-9-22(32)10-6-20)34-36-38(30)24-13-17-26(40-2)18-14-24/h3-18H,1-2H3. The van der Waals surface area contributed by atoms with Crippen molar-refractivity contribution < 1.29 is 9.47 Å². The maximum Gasteiger partial charge on any atom is 0.123 e. The van der Waals surface area contributed by atoms with Gasteiger partial charge in [0.2, 0.25) is 0 Å². The van der Waals surface area contributed by atoms with Crippen molar-refractivity contribution >= 4 is 23.2 Å². The number of aromatic nitrogens is 6. The van der Waals surface area contributed by atoms with E-state index >= 15 is 0 Å². The van der Waals surface area contributed by atoms with Crippen molar-refractivity contribution in [3.05, 3.63) is 107 Å². The van der Waals surface area contributed by atoms with Gasteiger partial charge in [-0.2, -0.15) is 0 Å². The van der Waals surface area contributed by atoms with Gasteiger partial charge in [0.15, 0.2) is 0 Å². The molecule has 0 atom stereocenters. The van der Waals surface area contributed by atoms with Crippen LogP contribution in [0, 0.1) is 0 Å². The van der Waals surface area contributed by atoms with Crippen LogP contribution in [0.5, 0.6) is 11.5 Å². The average Bonchev–Trinajstić information content (AvgIpc) is 3.63. The molecule has 0 amide bonds. The molecule has 198 valence electrons. The van der Waals surface area contributed by atoms with Crippen LogP contribution in [0.1, 0.15) is 0 Å². The molecule has 8 nitrogen and oxygen atoms in total. The third kappa shape index (κ3) is 4.79. The second kappa shape index (κ2) is 10.8. The van der Waals surface area contributed by atoms with E-state index in [-0.39, 0.29) is 0 Å². The molecule has 0 N–H and O–H groups in total. The summed E-state index contributed by atoms with van der Waals surface area (Å²) in [5.41, 5.74) is 5.91. The van der Waals surface area contributed by atoms with Crippen molar-refractivity contribution in [3.8, 4) is 56.8 Å². The van der Waals surface area contributed by atoms with E-state index in [0.29, 0.717) is 32.8 Å². The fourth-order valence-electron chi connectivity index (χ4n) is 4.40. The van der Waals surface area contributed by atoms with Crippen molar-refractivity contribution in [2.24, 2.45) is 0 Å². The Labute approximate surface area is 240 Å². The predicted molar refractivity (Wildman–Crippen MR) is 156 cm³/mol. The third-order valence-electron chi connectivity index (χ3n) is 6.43. The van der Waals surface area contributed by atoms with Crippen molar-refractivity contribution in [3.63, 3.8) is 0 Å². The van der Waals surface area contributed by atoms with Gasteiger partial charge in [-0.15, -0.1) is 10.2 Å². The number of ether oxygens (including phenoxy) is 2. The van der Waals surface area contributed by atoms with Crippen LogP contribution in [0.2, 0.25) is 10.0 Å². The van der Waals surface area contributed by atoms with Crippen LogP contribution in [-0.4, -0.2) is 44.2 Å². The summed E-state index contributed by atoms with van der Waals surface area (Å²) < 4.78 is 14.3. The minimum atomic E-state index is 0.625. The first-order chi connectivity index (χ1) is 19.6. The fourth-order valence-corrected chi connectivity index (χ4v) is 4.65. The van der Waals surface area contributed by atoms with E-state index in [1.54, 1.807) is 23.6 Å². The number of hydrogen-bond donors (Lipinski definition) is 0. The van der Waals surface area contributed by atoms with Gasteiger partial charge in [0.05, 0.1) is 25.6 Å². The summed E-state index contributed by atoms with van der Waals surface area (Å²) in [5.74, 6) is 1.46. The Morgan fingerprint density at radius 2 is 0.850 bits per heavy atom. The molecule has 10 heteroatoms. The van der Waals surface area contributed by atoms with E-state index in [2.05, 4.69) is 20.6 Å². The average molecular weight is 569 g/mol. The summed E-state index contributed by atoms with van der Waals surface area (Å²) >= 11 is 12.4. The number of halogens is 2. The molecule has 6 aromatic rings. The first-order valence-corrected chi connectivity index (χ1v) is 13.0. The molecule has 0 saturated heterocycles. The molecule has 0 aliphatic carbocycles. The maximum absolute atomic E-state index is 6.22. The van der Waals surface area contributed by atoms with E-state index in [4.69, 9.17) is 32.7 Å². The Kier molecular flexibility index (Phi) is 6.94. The summed E-state index contributed by atoms with van der Waals surface area (Å²) in [5, 5.41) is 19.7. The number of hydrogen-bond acceptors (Lipinski definition) is 6. The van der Waals surface area contributed by atoms with Gasteiger partial charge in [-0.05, 0) is 72.8 Å². The number of rotatable bonds is 7. The van der Waals surface area contributed by atoms with E-state index in [1.165, 1.54) is 0 Å². The highest BCUT2D eigenvalue weighted by Crippen LogP contribution is 2.39. The normalized spacial score (nSPS) is 11.0. The zero-order valence-corrected chi connectivity index (χ0v) is 23.0. The van der Waals surface area contributed by atoms with Crippen molar-refractivity contribution in [2.45, 2.75) is 0 Å². The van der Waals surface area contributed by atoms with Gasteiger partial charge in [-0.1, -0.05) is 57.9 Å². The summed E-state index contributed by atoms with van der Waals surface area (Å²) in [6, 6.07) is 30.2. The largest absolute Gasteiger partial charge is 0.497 e. The van der Waals surface area contributed by atoms with Crippen LogP contribution >= 0.6 is 23.2 Å². The van der Waals surface area contributed by atoms with Crippen LogP contribution in [-0.2, 0) is 0 Å². The van der Waals surface area contributed by atoms with Crippen LogP contribution in [0.3, 0.4) is 0 Å². The van der Waals surface area contributed by atoms with Gasteiger partial charge in [0.25, 0.3) is 0 Å². The Bertz CT molecular complexity index is 1630. The summed E-state index contributed by atoms with van der Waals surface area (Å²) in [7, 11) is 3.26. The second-order valence-corrected chi connectivity index (χ2v) is 9.68. The zero-order chi connectivity index (χ0) is 27.6. The summed E-state index contributed by atoms with van der Waals surface area (Å²) in [4.78, 5) is 0. The van der Waals surface area contributed by atoms with Crippen LogP contribution in [0.15, 0.2) is 97.1 Å². The molecular weight excluding hydrogens is 547 g/mol. The molecule has 0 aliphatic rings. The smallest absolute Gasteiger partial charge is 0.123 e. The molecule has 4 aromatic carbocycles. The van der Waals surface area contributed by atoms with Gasteiger partial charge < -0.3 is 9.47 Å². The summed E-state index contributed by atoms with van der Waals surface area (Å²) in [6.07, 6.45) is 0. The Morgan fingerprint density at radius 3 is 1.18 bits per heavy atom. The van der Waals surface area contributed by atoms with E-state index < -0.39 is 0 Å². The van der Waals surface area contributed by atoms with E-state index in [1.807, 2.05) is 97.1 Å². The van der Waals surface area contributed by atoms with Crippen molar-refractivity contribution in [1.82, 2.24) is 30.0 Å². The Balaban J connectivity index is 1.66. The van der Waals surface area contributed by atoms with Crippen molar-refractivity contribution in [2.75, 3.05) is 14.2 Å². The number of nitrogens with zero attached hydrogens (tertiary/aromatic N) is 6. The molecule has 0 fully saturated rings. The first-order valence-electron chi connectivity index (χ1n) is 12.3. The van der Waals surface area contributed by atoms with Gasteiger partial charge in [0.1, 0.15) is 34.3 Å². The monoisotopic (exact) mass is 568 g/mol. The maximum atomic E-state index is 6.22. The predicted octanol–water partition coefficient (Wildman–Crippen LogP) is 7.17. The van der Waals surface area contributed by atoms with E-state index in [0.717, 1.165) is 34.0 Å². The van der Waals surface area contributed by atoms with Gasteiger partial charge in [0, 0.05) is 21.2 Å². The minimum absolute atomic E-state index is 0.625. The molecule has 0 aliphatic heterocycles. The number of methoxy groups -OCH3 is 2. The van der Waals surface area contributed by atoms with Crippen molar-refractivity contribution in [1.29, 1.82) is 0 Å². The lowest BCUT2D eigenvalue weighted by Gasteiger charge is -2.13. The first kappa shape index (κ1) is 25.6. The number of benzene rings is 4. The molecule has 0 unspecified atom stereocenters. The van der Waals surface area contributed by atoms with Crippen LogP contribution < -0.4 is 9.47 Å². The zero-order valence-electron chi connectivity index (χ0n) is 21.5. The Morgan fingerprint density at radius 1 is 0.500 bits per heavy atom. The molecular formula is C30H22Cl2N6O2. The van der Waals surface area contributed by atoms with Gasteiger partial charge in [-0.3, -0.25) is 0 Å². The molecule has 0 radical (unpaired) electrons. The molecule has 2 heterocycles. The lowest BCUT2D eigenvalue weighted by molar-refractivity contribution is 0.414. The Hall–Kier alpha value is -4.66. The van der Waals surface area contributed by atoms with Crippen LogP contribution in [0.25, 0.3) is 45.3 Å². The molecule has 6 rings (SSSR count). The van der Waals surface area contributed by atoms with Crippen LogP contribution in [0.4, 0.5) is 0 Å². The van der Waals surface area contributed by atoms with Gasteiger partial charge in [-0.25, -0.2) is 9.36 Å². The highest BCUT2D eigenvalue weighted by atomic mass is 35.5. The second-order valence-electron chi connectivity index (χ2n) is 8.81. The summed E-state index contributed by atoms with van der Waals surface area (Å²) in [6.45, 7) is 0. The minimum Gasteiger partial charge on any atom is -0.497 e. The molecule has 0 saturated carbocycles. The highest BCUT2D eigenvalue weighted by Gasteiger charge is 2.27. The van der Waals surface area contributed by atoms with Gasteiger partial charge >= 0.3 is 0 Å². The quantitative estimate of drug-likeness (QED) is 0.203. The topological polar surface area (TPSA) is 79.9 Å². The molecule has 0 bridgehead atoms.